The van der Waals surface area contributed by atoms with Gasteiger partial charge in [-0.25, -0.2) is 4.72 Å². The number of aliphatic hydroxyl groups is 1. The van der Waals surface area contributed by atoms with Crippen LogP contribution >= 0.6 is 0 Å². The Balaban J connectivity index is 2.51. The molecule has 102 valence electrons. The molecule has 0 bridgehead atoms. The van der Waals surface area contributed by atoms with E-state index in [1.165, 1.54) is 4.31 Å². The first-order valence-electron chi connectivity index (χ1n) is 5.89. The lowest BCUT2D eigenvalue weighted by Gasteiger charge is -2.34. The van der Waals surface area contributed by atoms with Gasteiger partial charge in [0.05, 0.1) is 18.3 Å². The van der Waals surface area contributed by atoms with Crippen LogP contribution in [0, 0.1) is 0 Å². The van der Waals surface area contributed by atoms with Gasteiger partial charge in [0.15, 0.2) is 0 Å². The predicted octanol–water partition coefficient (Wildman–Crippen LogP) is -0.299. The number of rotatable bonds is 5. The van der Waals surface area contributed by atoms with Gasteiger partial charge in [-0.2, -0.15) is 12.7 Å². The molecular formula is C10H22N2O4S. The Morgan fingerprint density at radius 3 is 2.41 bits per heavy atom. The second kappa shape index (κ2) is 6.10. The third-order valence-electron chi connectivity index (χ3n) is 2.57. The summed E-state index contributed by atoms with van der Waals surface area (Å²) in [6.45, 7) is 6.33. The fourth-order valence-electron chi connectivity index (χ4n) is 1.82. The zero-order chi connectivity index (χ0) is 13.1. The van der Waals surface area contributed by atoms with Crippen LogP contribution in [0.3, 0.4) is 0 Å². The minimum absolute atomic E-state index is 0.0907. The molecule has 0 aromatic heterocycles. The summed E-state index contributed by atoms with van der Waals surface area (Å²) >= 11 is 0. The quantitative estimate of drug-likeness (QED) is 0.716. The molecule has 0 amide bonds. The smallest absolute Gasteiger partial charge is 0.279 e. The molecule has 6 nitrogen and oxygen atoms in total. The number of morpholine rings is 1. The van der Waals surface area contributed by atoms with Gasteiger partial charge in [-0.3, -0.25) is 0 Å². The lowest BCUT2D eigenvalue weighted by atomic mass is 10.3. The highest BCUT2D eigenvalue weighted by Crippen LogP contribution is 2.13. The molecule has 2 N–H and O–H groups in total. The number of nitrogens with one attached hydrogen (secondary N) is 1. The third kappa shape index (κ3) is 4.89. The van der Waals surface area contributed by atoms with Crippen LogP contribution in [-0.2, 0) is 14.9 Å². The normalized spacial score (nSPS) is 29.2. The Kier molecular flexibility index (Phi) is 5.33. The first kappa shape index (κ1) is 14.8. The van der Waals surface area contributed by atoms with E-state index in [9.17, 15) is 8.42 Å². The van der Waals surface area contributed by atoms with Crippen molar-refractivity contribution in [2.24, 2.45) is 0 Å². The van der Waals surface area contributed by atoms with Gasteiger partial charge in [0.25, 0.3) is 10.2 Å². The Hall–Kier alpha value is -0.210. The summed E-state index contributed by atoms with van der Waals surface area (Å²) in [7, 11) is -3.45. The van der Waals surface area contributed by atoms with Crippen LogP contribution in [0.25, 0.3) is 0 Å². The SMILES string of the molecule is CC(O)CCNS(=O)(=O)N1CC(C)OC(C)C1. The van der Waals surface area contributed by atoms with Crippen molar-refractivity contribution < 1.29 is 18.3 Å². The standard InChI is InChI=1S/C10H22N2O4S/c1-8(13)4-5-11-17(14,15)12-6-9(2)16-10(3)7-12/h8-11,13H,4-7H2,1-3H3. The predicted molar refractivity (Wildman–Crippen MR) is 64.8 cm³/mol. The molecule has 17 heavy (non-hydrogen) atoms. The molecule has 3 unspecified atom stereocenters. The molecule has 0 aromatic rings. The van der Waals surface area contributed by atoms with Crippen LogP contribution in [0.15, 0.2) is 0 Å². The molecule has 1 aliphatic rings. The minimum Gasteiger partial charge on any atom is -0.393 e. The van der Waals surface area contributed by atoms with E-state index >= 15 is 0 Å². The van der Waals surface area contributed by atoms with Crippen LogP contribution in [0.1, 0.15) is 27.2 Å². The van der Waals surface area contributed by atoms with E-state index in [1.807, 2.05) is 13.8 Å². The van der Waals surface area contributed by atoms with E-state index < -0.39 is 16.3 Å². The highest BCUT2D eigenvalue weighted by molar-refractivity contribution is 7.87. The zero-order valence-corrected chi connectivity index (χ0v) is 11.4. The fourth-order valence-corrected chi connectivity index (χ4v) is 3.19. The summed E-state index contributed by atoms with van der Waals surface area (Å²) in [6.07, 6.45) is -0.270. The van der Waals surface area contributed by atoms with Crippen molar-refractivity contribution >= 4 is 10.2 Å². The fraction of sp³-hybridized carbons (Fsp3) is 1.00. The largest absolute Gasteiger partial charge is 0.393 e. The van der Waals surface area contributed by atoms with Gasteiger partial charge < -0.3 is 9.84 Å². The maximum Gasteiger partial charge on any atom is 0.279 e. The number of ether oxygens (including phenoxy) is 1. The molecule has 0 aliphatic carbocycles. The molecule has 1 rings (SSSR count). The lowest BCUT2D eigenvalue weighted by Crippen LogP contribution is -2.52. The third-order valence-corrected chi connectivity index (χ3v) is 4.12. The van der Waals surface area contributed by atoms with Crippen LogP contribution in [0.5, 0.6) is 0 Å². The summed E-state index contributed by atoms with van der Waals surface area (Å²) in [6, 6.07) is 0. The van der Waals surface area contributed by atoms with E-state index in [1.54, 1.807) is 6.92 Å². The second-order valence-electron chi connectivity index (χ2n) is 4.61. The molecule has 7 heteroatoms. The lowest BCUT2D eigenvalue weighted by molar-refractivity contribution is -0.0444. The topological polar surface area (TPSA) is 78.9 Å². The van der Waals surface area contributed by atoms with Crippen molar-refractivity contribution in [3.05, 3.63) is 0 Å². The zero-order valence-electron chi connectivity index (χ0n) is 10.6. The Labute approximate surface area is 103 Å². The van der Waals surface area contributed by atoms with Gasteiger partial charge >= 0.3 is 0 Å². The Bertz CT molecular complexity index is 321. The van der Waals surface area contributed by atoms with Crippen molar-refractivity contribution in [1.82, 2.24) is 9.03 Å². The summed E-state index contributed by atoms with van der Waals surface area (Å²) in [5.41, 5.74) is 0. The van der Waals surface area contributed by atoms with Crippen LogP contribution in [0.4, 0.5) is 0 Å². The van der Waals surface area contributed by atoms with E-state index in [4.69, 9.17) is 9.84 Å². The second-order valence-corrected chi connectivity index (χ2v) is 6.37. The number of aliphatic hydroxyl groups excluding tert-OH is 1. The average molecular weight is 266 g/mol. The van der Waals surface area contributed by atoms with E-state index in [0.717, 1.165) is 0 Å². The van der Waals surface area contributed by atoms with E-state index in [0.29, 0.717) is 19.5 Å². The van der Waals surface area contributed by atoms with Crippen molar-refractivity contribution in [2.45, 2.75) is 45.5 Å². The van der Waals surface area contributed by atoms with Crippen molar-refractivity contribution in [3.63, 3.8) is 0 Å². The van der Waals surface area contributed by atoms with Gasteiger partial charge in [-0.05, 0) is 27.2 Å². The molecule has 1 saturated heterocycles. The van der Waals surface area contributed by atoms with Gasteiger partial charge in [0.2, 0.25) is 0 Å². The molecule has 0 radical (unpaired) electrons. The van der Waals surface area contributed by atoms with Crippen LogP contribution in [-0.4, -0.2) is 55.8 Å². The molecular weight excluding hydrogens is 244 g/mol. The van der Waals surface area contributed by atoms with Gasteiger partial charge in [-0.1, -0.05) is 0 Å². The Morgan fingerprint density at radius 1 is 1.41 bits per heavy atom. The molecule has 1 heterocycles. The number of nitrogens with zero attached hydrogens (tertiary/aromatic N) is 1. The molecule has 1 aliphatic heterocycles. The van der Waals surface area contributed by atoms with Crippen molar-refractivity contribution in [2.75, 3.05) is 19.6 Å². The molecule has 3 atom stereocenters. The highest BCUT2D eigenvalue weighted by Gasteiger charge is 2.30. The average Bonchev–Trinajstić information content (AvgIpc) is 2.14. The molecule has 0 aromatic carbocycles. The van der Waals surface area contributed by atoms with E-state index in [-0.39, 0.29) is 18.8 Å². The van der Waals surface area contributed by atoms with Crippen LogP contribution in [0.2, 0.25) is 0 Å². The molecule has 0 saturated carbocycles. The maximum atomic E-state index is 11.9. The minimum atomic E-state index is -3.45. The number of hydrogen-bond donors (Lipinski definition) is 2. The summed E-state index contributed by atoms with van der Waals surface area (Å²) in [4.78, 5) is 0. The summed E-state index contributed by atoms with van der Waals surface area (Å²) < 4.78 is 33.2. The van der Waals surface area contributed by atoms with Gasteiger partial charge in [0, 0.05) is 19.6 Å². The molecule has 0 spiro atoms. The van der Waals surface area contributed by atoms with Crippen LogP contribution < -0.4 is 4.72 Å². The van der Waals surface area contributed by atoms with Crippen molar-refractivity contribution in [3.8, 4) is 0 Å². The highest BCUT2D eigenvalue weighted by atomic mass is 32.2. The summed E-state index contributed by atoms with van der Waals surface area (Å²) in [5, 5.41) is 9.08. The van der Waals surface area contributed by atoms with Crippen molar-refractivity contribution in [1.29, 1.82) is 0 Å². The molecule has 1 fully saturated rings. The monoisotopic (exact) mass is 266 g/mol. The van der Waals surface area contributed by atoms with E-state index in [2.05, 4.69) is 4.72 Å². The first-order valence-corrected chi connectivity index (χ1v) is 7.33. The maximum absolute atomic E-state index is 11.9. The van der Waals surface area contributed by atoms with Gasteiger partial charge in [-0.15, -0.1) is 0 Å². The van der Waals surface area contributed by atoms with Gasteiger partial charge in [0.1, 0.15) is 0 Å². The number of hydrogen-bond acceptors (Lipinski definition) is 4. The summed E-state index contributed by atoms with van der Waals surface area (Å²) in [5.74, 6) is 0. The first-order chi connectivity index (χ1) is 7.81. The Morgan fingerprint density at radius 2 is 1.94 bits per heavy atom.